The van der Waals surface area contributed by atoms with Crippen LogP contribution in [0.4, 0.5) is 0 Å². The summed E-state index contributed by atoms with van der Waals surface area (Å²) in [5, 5.41) is 0. The second-order valence-corrected chi connectivity index (χ2v) is 4.66. The van der Waals surface area contributed by atoms with Gasteiger partial charge in [-0.3, -0.25) is 4.79 Å². The summed E-state index contributed by atoms with van der Waals surface area (Å²) in [6.07, 6.45) is 3.00. The molecule has 1 fully saturated rings. The Hall–Kier alpha value is 0.110. The average Bonchev–Trinajstić information content (AvgIpc) is 1.88. The summed E-state index contributed by atoms with van der Waals surface area (Å²) in [5.74, 6) is 2.51. The molecule has 0 amide bonds. The summed E-state index contributed by atoms with van der Waals surface area (Å²) >= 11 is 3.59. The molecular weight excluding hydrogens is 164 g/mol. The Balaban J connectivity index is 2.45. The van der Waals surface area contributed by atoms with Crippen molar-refractivity contribution in [3.05, 3.63) is 10.3 Å². The van der Waals surface area contributed by atoms with Gasteiger partial charge < -0.3 is 0 Å². The number of rotatable bonds is 1. The minimum absolute atomic E-state index is 0.164. The fourth-order valence-electron chi connectivity index (χ4n) is 0.695. The number of ketones is 1. The maximum absolute atomic E-state index is 10.6. The van der Waals surface area contributed by atoms with Crippen molar-refractivity contribution < 1.29 is 4.79 Å². The molecule has 1 rings (SSSR count). The highest BCUT2D eigenvalue weighted by atomic mass is 32.2. The SMILES string of the molecule is CC(=O)C=C1SCCCS1. The molecular formula is C7H10OS2. The number of allylic oxidation sites excluding steroid dienone is 1. The molecule has 1 aliphatic rings. The molecule has 1 saturated heterocycles. The van der Waals surface area contributed by atoms with Crippen molar-refractivity contribution >= 4 is 29.3 Å². The zero-order chi connectivity index (χ0) is 7.40. The lowest BCUT2D eigenvalue weighted by atomic mass is 10.5. The zero-order valence-corrected chi connectivity index (χ0v) is 7.56. The standard InChI is InChI=1S/C7H10OS2/c1-6(8)5-7-9-3-2-4-10-7/h5H,2-4H2,1H3. The van der Waals surface area contributed by atoms with Gasteiger partial charge in [0.1, 0.15) is 0 Å². The molecule has 0 bridgehead atoms. The van der Waals surface area contributed by atoms with E-state index in [1.807, 2.05) is 0 Å². The van der Waals surface area contributed by atoms with Crippen LogP contribution in [0.2, 0.25) is 0 Å². The minimum Gasteiger partial charge on any atom is -0.295 e. The molecule has 1 nitrogen and oxygen atoms in total. The Morgan fingerprint density at radius 1 is 1.50 bits per heavy atom. The number of carbonyl (C=O) groups is 1. The number of thioether (sulfide) groups is 2. The third kappa shape index (κ3) is 2.80. The van der Waals surface area contributed by atoms with Gasteiger partial charge >= 0.3 is 0 Å². The van der Waals surface area contributed by atoms with Gasteiger partial charge in [-0.2, -0.15) is 0 Å². The normalized spacial score (nSPS) is 18.7. The summed E-state index contributed by atoms with van der Waals surface area (Å²) in [4.78, 5) is 10.6. The topological polar surface area (TPSA) is 17.1 Å². The number of carbonyl (C=O) groups excluding carboxylic acids is 1. The maximum atomic E-state index is 10.6. The molecule has 1 heterocycles. The van der Waals surface area contributed by atoms with E-state index in [9.17, 15) is 4.79 Å². The van der Waals surface area contributed by atoms with Crippen LogP contribution in [0.15, 0.2) is 10.3 Å². The molecule has 0 atom stereocenters. The van der Waals surface area contributed by atoms with Gasteiger partial charge in [0.25, 0.3) is 0 Å². The van der Waals surface area contributed by atoms with Crippen LogP contribution < -0.4 is 0 Å². The molecule has 0 aliphatic carbocycles. The van der Waals surface area contributed by atoms with Crippen molar-refractivity contribution in [3.8, 4) is 0 Å². The van der Waals surface area contributed by atoms with Crippen LogP contribution in [0.3, 0.4) is 0 Å². The maximum Gasteiger partial charge on any atom is 0.154 e. The van der Waals surface area contributed by atoms with Crippen molar-refractivity contribution in [2.75, 3.05) is 11.5 Å². The molecule has 0 saturated carbocycles. The first-order valence-corrected chi connectivity index (χ1v) is 5.24. The van der Waals surface area contributed by atoms with Crippen molar-refractivity contribution in [3.63, 3.8) is 0 Å². The Labute approximate surface area is 69.6 Å². The lowest BCUT2D eigenvalue weighted by Crippen LogP contribution is -1.93. The molecule has 0 N–H and O–H groups in total. The van der Waals surface area contributed by atoms with Gasteiger partial charge in [-0.15, -0.1) is 23.5 Å². The van der Waals surface area contributed by atoms with Crippen molar-refractivity contribution in [2.24, 2.45) is 0 Å². The highest BCUT2D eigenvalue weighted by Crippen LogP contribution is 2.34. The van der Waals surface area contributed by atoms with E-state index in [1.54, 1.807) is 36.5 Å². The predicted octanol–water partition coefficient (Wildman–Crippen LogP) is 2.29. The third-order valence-electron chi connectivity index (χ3n) is 1.10. The second kappa shape index (κ2) is 4.09. The van der Waals surface area contributed by atoms with E-state index in [0.717, 1.165) is 0 Å². The van der Waals surface area contributed by atoms with Gasteiger partial charge in [-0.1, -0.05) is 0 Å². The van der Waals surface area contributed by atoms with Crippen LogP contribution in [0.5, 0.6) is 0 Å². The van der Waals surface area contributed by atoms with E-state index < -0.39 is 0 Å². The van der Waals surface area contributed by atoms with Crippen LogP contribution in [0.1, 0.15) is 13.3 Å². The molecule has 0 aromatic heterocycles. The first-order valence-electron chi connectivity index (χ1n) is 3.27. The quantitative estimate of drug-likeness (QED) is 0.568. The lowest BCUT2D eigenvalue weighted by Gasteiger charge is -2.10. The third-order valence-corrected chi connectivity index (χ3v) is 3.60. The lowest BCUT2D eigenvalue weighted by molar-refractivity contribution is -0.112. The first-order chi connectivity index (χ1) is 4.79. The number of hydrogen-bond donors (Lipinski definition) is 0. The van der Waals surface area contributed by atoms with E-state index in [2.05, 4.69) is 0 Å². The van der Waals surface area contributed by atoms with Crippen molar-refractivity contribution in [1.82, 2.24) is 0 Å². The van der Waals surface area contributed by atoms with Gasteiger partial charge in [0.05, 0.1) is 0 Å². The van der Waals surface area contributed by atoms with Crippen molar-refractivity contribution in [1.29, 1.82) is 0 Å². The van der Waals surface area contributed by atoms with E-state index in [4.69, 9.17) is 0 Å². The van der Waals surface area contributed by atoms with Crippen LogP contribution in [0, 0.1) is 0 Å². The average molecular weight is 174 g/mol. The summed E-state index contributed by atoms with van der Waals surface area (Å²) in [6, 6.07) is 0. The highest BCUT2D eigenvalue weighted by Gasteiger charge is 2.06. The summed E-state index contributed by atoms with van der Waals surface area (Å²) < 4.78 is 1.19. The van der Waals surface area contributed by atoms with Gasteiger partial charge in [-0.25, -0.2) is 0 Å². The number of hydrogen-bond acceptors (Lipinski definition) is 3. The Kier molecular flexibility index (Phi) is 3.35. The molecule has 1 aliphatic heterocycles. The molecule has 56 valence electrons. The summed E-state index contributed by atoms with van der Waals surface area (Å²) in [5.41, 5.74) is 0. The summed E-state index contributed by atoms with van der Waals surface area (Å²) in [7, 11) is 0. The second-order valence-electron chi connectivity index (χ2n) is 2.12. The monoisotopic (exact) mass is 174 g/mol. The molecule has 0 aromatic rings. The molecule has 10 heavy (non-hydrogen) atoms. The highest BCUT2D eigenvalue weighted by molar-refractivity contribution is 8.22. The fraction of sp³-hybridized carbons (Fsp3) is 0.571. The first kappa shape index (κ1) is 8.21. The van der Waals surface area contributed by atoms with Gasteiger partial charge in [0.15, 0.2) is 5.78 Å². The smallest absolute Gasteiger partial charge is 0.154 e. The molecule has 0 radical (unpaired) electrons. The van der Waals surface area contributed by atoms with E-state index in [1.165, 1.54) is 22.2 Å². The van der Waals surface area contributed by atoms with Gasteiger partial charge in [0, 0.05) is 10.3 Å². The fourth-order valence-corrected chi connectivity index (χ4v) is 3.19. The van der Waals surface area contributed by atoms with Crippen LogP contribution >= 0.6 is 23.5 Å². The van der Waals surface area contributed by atoms with E-state index in [0.29, 0.717) is 0 Å². The Bertz CT molecular complexity index is 155. The van der Waals surface area contributed by atoms with Crippen LogP contribution in [-0.4, -0.2) is 17.3 Å². The summed E-state index contributed by atoms with van der Waals surface area (Å²) in [6.45, 7) is 1.60. The zero-order valence-electron chi connectivity index (χ0n) is 5.92. The molecule has 0 spiro atoms. The minimum atomic E-state index is 0.164. The van der Waals surface area contributed by atoms with Gasteiger partial charge in [0.2, 0.25) is 0 Å². The van der Waals surface area contributed by atoms with E-state index in [-0.39, 0.29) is 5.78 Å². The Morgan fingerprint density at radius 2 is 2.10 bits per heavy atom. The molecule has 0 unspecified atom stereocenters. The molecule has 3 heteroatoms. The van der Waals surface area contributed by atoms with E-state index >= 15 is 0 Å². The van der Waals surface area contributed by atoms with Crippen molar-refractivity contribution in [2.45, 2.75) is 13.3 Å². The van der Waals surface area contributed by atoms with Gasteiger partial charge in [-0.05, 0) is 24.9 Å². The largest absolute Gasteiger partial charge is 0.295 e. The molecule has 0 aromatic carbocycles. The predicted molar refractivity (Wildman–Crippen MR) is 48.3 cm³/mol. The Morgan fingerprint density at radius 3 is 2.60 bits per heavy atom. The van der Waals surface area contributed by atoms with Crippen LogP contribution in [-0.2, 0) is 4.79 Å². The van der Waals surface area contributed by atoms with Crippen LogP contribution in [0.25, 0.3) is 0 Å².